The van der Waals surface area contributed by atoms with E-state index in [0.29, 0.717) is 18.3 Å². The van der Waals surface area contributed by atoms with Gasteiger partial charge in [-0.3, -0.25) is 24.8 Å². The fourth-order valence-electron chi connectivity index (χ4n) is 3.08. The van der Waals surface area contributed by atoms with Crippen LogP contribution in [0.25, 0.3) is 5.82 Å². The lowest BCUT2D eigenvalue weighted by Gasteiger charge is -2.17. The largest absolute Gasteiger partial charge is 0.339 e. The van der Waals surface area contributed by atoms with Crippen LogP contribution in [-0.4, -0.2) is 46.4 Å². The molecule has 0 atom stereocenters. The maximum Gasteiger partial charge on any atom is 0.330 e. The summed E-state index contributed by atoms with van der Waals surface area (Å²) in [5.74, 6) is 1.24. The zero-order valence-corrected chi connectivity index (χ0v) is 20.8. The molecular weight excluding hydrogens is 513 g/mol. The molecule has 0 N–H and O–H groups in total. The molecule has 0 aliphatic rings. The second-order valence-corrected chi connectivity index (χ2v) is 7.99. The summed E-state index contributed by atoms with van der Waals surface area (Å²) in [6.45, 7) is 3.80. The fraction of sp³-hybridized carbons (Fsp3) is 0.190. The minimum absolute atomic E-state index is 0.0944. The zero-order chi connectivity index (χ0) is 26.4. The number of imidazole rings is 1. The highest BCUT2D eigenvalue weighted by Crippen LogP contribution is 2.26. The smallest absolute Gasteiger partial charge is 0.330 e. The van der Waals surface area contributed by atoms with Crippen LogP contribution in [0.4, 0.5) is 17.3 Å². The highest BCUT2D eigenvalue weighted by Gasteiger charge is 2.22. The number of hydrogen-bond acceptors (Lipinski definition) is 10. The summed E-state index contributed by atoms with van der Waals surface area (Å²) >= 11 is 10.9. The third-order valence-corrected chi connectivity index (χ3v) is 5.20. The Balaban J connectivity index is 0.000000253. The normalized spacial score (nSPS) is 10.4. The van der Waals surface area contributed by atoms with E-state index >= 15 is 0 Å². The average Bonchev–Trinajstić information content (AvgIpc) is 3.24. The molecule has 36 heavy (non-hydrogen) atoms. The molecule has 0 amide bonds. The van der Waals surface area contributed by atoms with Gasteiger partial charge in [-0.15, -0.1) is 0 Å². The second-order valence-electron chi connectivity index (χ2n) is 7.30. The first-order valence-corrected chi connectivity index (χ1v) is 10.9. The standard InChI is InChI=1S/C16H16N6O2.C5H3Cl2N3O2/c1-12-17-8-9-21(12)15-14(22(23)24)10-18-16(19-15)20(2)11-13-6-4-3-5-7-13;1-2-3(10(11)12)4(6)9-5(7)8-2/h3-10H,11H2,1-2H3;1H3. The number of halogens is 2. The summed E-state index contributed by atoms with van der Waals surface area (Å²) < 4.78 is 1.58. The van der Waals surface area contributed by atoms with Crippen LogP contribution >= 0.6 is 23.2 Å². The molecule has 0 saturated heterocycles. The number of rotatable bonds is 6. The summed E-state index contributed by atoms with van der Waals surface area (Å²) in [5, 5.41) is 21.3. The van der Waals surface area contributed by atoms with Crippen molar-refractivity contribution in [2.75, 3.05) is 11.9 Å². The lowest BCUT2D eigenvalue weighted by atomic mass is 10.2. The van der Waals surface area contributed by atoms with Crippen LogP contribution < -0.4 is 4.90 Å². The average molecular weight is 532 g/mol. The van der Waals surface area contributed by atoms with Gasteiger partial charge >= 0.3 is 11.4 Å². The molecule has 0 spiro atoms. The van der Waals surface area contributed by atoms with Crippen molar-refractivity contribution in [3.63, 3.8) is 0 Å². The summed E-state index contributed by atoms with van der Waals surface area (Å²) in [6, 6.07) is 9.87. The van der Waals surface area contributed by atoms with Crippen molar-refractivity contribution in [1.82, 2.24) is 29.5 Å². The van der Waals surface area contributed by atoms with E-state index in [9.17, 15) is 20.2 Å². The Hall–Kier alpha value is -4.23. The van der Waals surface area contributed by atoms with E-state index in [1.54, 1.807) is 23.9 Å². The molecule has 0 radical (unpaired) electrons. The highest BCUT2D eigenvalue weighted by molar-refractivity contribution is 6.33. The molecule has 13 nitrogen and oxygen atoms in total. The van der Waals surface area contributed by atoms with Crippen molar-refractivity contribution in [1.29, 1.82) is 0 Å². The van der Waals surface area contributed by atoms with E-state index in [1.165, 1.54) is 13.1 Å². The van der Waals surface area contributed by atoms with Crippen LogP contribution in [0, 0.1) is 34.1 Å². The van der Waals surface area contributed by atoms with E-state index in [0.717, 1.165) is 5.56 Å². The number of hydrogen-bond donors (Lipinski definition) is 0. The number of aromatic nitrogens is 6. The molecule has 0 aliphatic carbocycles. The van der Waals surface area contributed by atoms with Gasteiger partial charge in [0.15, 0.2) is 0 Å². The first-order chi connectivity index (χ1) is 17.1. The van der Waals surface area contributed by atoms with Crippen LogP contribution in [0.15, 0.2) is 48.9 Å². The Labute approximate surface area is 214 Å². The molecule has 0 aliphatic heterocycles. The molecule has 3 heterocycles. The fourth-order valence-corrected chi connectivity index (χ4v) is 3.62. The molecule has 0 fully saturated rings. The monoisotopic (exact) mass is 531 g/mol. The highest BCUT2D eigenvalue weighted by atomic mass is 35.5. The topological polar surface area (TPSA) is 159 Å². The van der Waals surface area contributed by atoms with Crippen molar-refractivity contribution in [3.05, 3.63) is 96.7 Å². The lowest BCUT2D eigenvalue weighted by Crippen LogP contribution is -2.20. The molecule has 0 unspecified atom stereocenters. The molecule has 186 valence electrons. The van der Waals surface area contributed by atoms with E-state index in [1.807, 2.05) is 42.3 Å². The third-order valence-electron chi connectivity index (χ3n) is 4.76. The van der Waals surface area contributed by atoms with Crippen LogP contribution in [0.5, 0.6) is 0 Å². The van der Waals surface area contributed by atoms with Gasteiger partial charge in [0.2, 0.25) is 22.2 Å². The molecule has 15 heteroatoms. The first kappa shape index (κ1) is 26.4. The summed E-state index contributed by atoms with van der Waals surface area (Å²) in [7, 11) is 1.85. The van der Waals surface area contributed by atoms with Crippen LogP contribution in [0.2, 0.25) is 10.4 Å². The van der Waals surface area contributed by atoms with Crippen molar-refractivity contribution >= 4 is 40.5 Å². The molecular formula is C21H19Cl2N9O4. The molecule has 0 saturated carbocycles. The van der Waals surface area contributed by atoms with Crippen molar-refractivity contribution in [3.8, 4) is 5.82 Å². The lowest BCUT2D eigenvalue weighted by molar-refractivity contribution is -0.385. The van der Waals surface area contributed by atoms with Crippen LogP contribution in [-0.2, 0) is 6.54 Å². The SMILES string of the molecule is Cc1nc(Cl)nc(Cl)c1[N+](=O)[O-].Cc1nccn1-c1nc(N(C)Cc2ccccc2)ncc1[N+](=O)[O-]. The molecule has 3 aromatic heterocycles. The summed E-state index contributed by atoms with van der Waals surface area (Å²) in [6.07, 6.45) is 4.46. The first-order valence-electron chi connectivity index (χ1n) is 10.2. The molecule has 1 aromatic carbocycles. The van der Waals surface area contributed by atoms with E-state index in [2.05, 4.69) is 24.9 Å². The van der Waals surface area contributed by atoms with E-state index in [-0.39, 0.29) is 33.3 Å². The van der Waals surface area contributed by atoms with Gasteiger partial charge in [0.25, 0.3) is 0 Å². The van der Waals surface area contributed by atoms with Gasteiger partial charge in [-0.2, -0.15) is 9.97 Å². The number of benzene rings is 1. The van der Waals surface area contributed by atoms with Gasteiger partial charge in [-0.1, -0.05) is 41.9 Å². The summed E-state index contributed by atoms with van der Waals surface area (Å²) in [5.41, 5.74) is 0.793. The molecule has 4 rings (SSSR count). The van der Waals surface area contributed by atoms with Gasteiger partial charge in [-0.25, -0.2) is 15.0 Å². The second kappa shape index (κ2) is 11.5. The number of nitrogens with zero attached hydrogens (tertiary/aromatic N) is 9. The Morgan fingerprint density at radius 1 is 1.00 bits per heavy atom. The van der Waals surface area contributed by atoms with Crippen LogP contribution in [0.1, 0.15) is 17.1 Å². The van der Waals surface area contributed by atoms with Crippen molar-refractivity contribution in [2.24, 2.45) is 0 Å². The van der Waals surface area contributed by atoms with E-state index < -0.39 is 9.85 Å². The minimum atomic E-state index is -0.645. The minimum Gasteiger partial charge on any atom is -0.339 e. The maximum absolute atomic E-state index is 11.3. The van der Waals surface area contributed by atoms with Gasteiger partial charge in [0.1, 0.15) is 17.7 Å². The third kappa shape index (κ3) is 6.25. The predicted octanol–water partition coefficient (Wildman–Crippen LogP) is 4.52. The summed E-state index contributed by atoms with van der Waals surface area (Å²) in [4.78, 5) is 42.0. The van der Waals surface area contributed by atoms with E-state index in [4.69, 9.17) is 23.2 Å². The Morgan fingerprint density at radius 2 is 1.69 bits per heavy atom. The Morgan fingerprint density at radius 3 is 2.25 bits per heavy atom. The maximum atomic E-state index is 11.3. The molecule has 0 bridgehead atoms. The van der Waals surface area contributed by atoms with Gasteiger partial charge in [-0.05, 0) is 31.0 Å². The Bertz CT molecular complexity index is 1380. The zero-order valence-electron chi connectivity index (χ0n) is 19.2. The number of aryl methyl sites for hydroxylation is 2. The number of nitro groups is 2. The number of anilines is 1. The Kier molecular flexibility index (Phi) is 8.40. The predicted molar refractivity (Wildman–Crippen MR) is 133 cm³/mol. The molecule has 4 aromatic rings. The van der Waals surface area contributed by atoms with Gasteiger partial charge in [0, 0.05) is 26.0 Å². The van der Waals surface area contributed by atoms with Gasteiger partial charge < -0.3 is 4.90 Å². The van der Waals surface area contributed by atoms with Crippen molar-refractivity contribution in [2.45, 2.75) is 20.4 Å². The van der Waals surface area contributed by atoms with Crippen LogP contribution in [0.3, 0.4) is 0 Å². The quantitative estimate of drug-likeness (QED) is 0.150. The van der Waals surface area contributed by atoms with Gasteiger partial charge in [0.05, 0.1) is 9.85 Å². The van der Waals surface area contributed by atoms with Crippen molar-refractivity contribution < 1.29 is 9.85 Å².